The molecule has 2 aliphatic heterocycles. The zero-order chi connectivity index (χ0) is 23.6. The number of carbonyl (C=O) groups excluding carboxylic acids is 1. The predicted octanol–water partition coefficient (Wildman–Crippen LogP) is 3.06. The third-order valence-corrected chi connectivity index (χ3v) is 8.39. The molecule has 0 radical (unpaired) electrons. The first kappa shape index (κ1) is 23.8. The molecule has 4 rings (SSSR count). The van der Waals surface area contributed by atoms with Crippen LogP contribution < -0.4 is 9.47 Å². The first-order chi connectivity index (χ1) is 15.8. The summed E-state index contributed by atoms with van der Waals surface area (Å²) in [6.45, 7) is 7.75. The molecule has 0 saturated carbocycles. The molecular formula is C23H28ClN3O5S. The monoisotopic (exact) mass is 493 g/mol. The van der Waals surface area contributed by atoms with Crippen molar-refractivity contribution in [1.82, 2.24) is 14.1 Å². The smallest absolute Gasteiger partial charge is 0.255 e. The van der Waals surface area contributed by atoms with E-state index in [4.69, 9.17) is 21.1 Å². The van der Waals surface area contributed by atoms with E-state index >= 15 is 0 Å². The van der Waals surface area contributed by atoms with Gasteiger partial charge in [-0.2, -0.15) is 4.31 Å². The number of amides is 1. The summed E-state index contributed by atoms with van der Waals surface area (Å²) in [5.41, 5.74) is 1.34. The molecule has 0 spiro atoms. The molecule has 0 atom stereocenters. The van der Waals surface area contributed by atoms with Gasteiger partial charge in [-0.25, -0.2) is 8.42 Å². The Morgan fingerprint density at radius 1 is 1.00 bits per heavy atom. The lowest BCUT2D eigenvalue weighted by atomic mass is 10.1. The van der Waals surface area contributed by atoms with E-state index in [1.165, 1.54) is 22.5 Å². The second-order valence-electron chi connectivity index (χ2n) is 7.99. The number of fused-ring (bicyclic) bond motifs is 1. The van der Waals surface area contributed by atoms with Crippen molar-refractivity contribution in [3.05, 3.63) is 52.5 Å². The number of benzene rings is 2. The fraction of sp³-hybridized carbons (Fsp3) is 0.435. The van der Waals surface area contributed by atoms with E-state index in [1.54, 1.807) is 18.7 Å². The van der Waals surface area contributed by atoms with Crippen LogP contribution in [0.1, 0.15) is 29.8 Å². The standard InChI is InChI=1S/C23H28ClN3O5S/c1-3-27(4-2)33(29,30)18-6-7-20(24)19(14-18)23(28)26-11-9-25(10-12-26)15-17-5-8-21-22(13-17)32-16-31-21/h5-8,13-14H,3-4,9-12,15-16H2,1-2H3. The largest absolute Gasteiger partial charge is 0.454 e. The molecule has 1 amide bonds. The molecule has 8 nitrogen and oxygen atoms in total. The second kappa shape index (κ2) is 9.89. The van der Waals surface area contributed by atoms with Crippen LogP contribution >= 0.6 is 11.6 Å². The van der Waals surface area contributed by atoms with Crippen LogP contribution in [0.5, 0.6) is 11.5 Å². The summed E-state index contributed by atoms with van der Waals surface area (Å²) < 4.78 is 37.9. The van der Waals surface area contributed by atoms with Crippen LogP contribution in [0.3, 0.4) is 0 Å². The number of ether oxygens (including phenoxy) is 2. The van der Waals surface area contributed by atoms with Gasteiger partial charge in [0.05, 0.1) is 15.5 Å². The topological polar surface area (TPSA) is 79.4 Å². The van der Waals surface area contributed by atoms with E-state index in [0.29, 0.717) is 39.3 Å². The number of carbonyl (C=O) groups is 1. The Morgan fingerprint density at radius 2 is 1.70 bits per heavy atom. The summed E-state index contributed by atoms with van der Waals surface area (Å²) in [7, 11) is -3.68. The van der Waals surface area contributed by atoms with Gasteiger partial charge in [0.1, 0.15) is 0 Å². The summed E-state index contributed by atoms with van der Waals surface area (Å²) >= 11 is 6.30. The minimum absolute atomic E-state index is 0.0837. The number of halogens is 1. The molecular weight excluding hydrogens is 466 g/mol. The quantitative estimate of drug-likeness (QED) is 0.590. The lowest BCUT2D eigenvalue weighted by Gasteiger charge is -2.35. The first-order valence-electron chi connectivity index (χ1n) is 11.0. The van der Waals surface area contributed by atoms with E-state index in [2.05, 4.69) is 4.90 Å². The molecule has 2 aliphatic rings. The molecule has 2 aromatic carbocycles. The minimum Gasteiger partial charge on any atom is -0.454 e. The molecule has 0 bridgehead atoms. The predicted molar refractivity (Wildman–Crippen MR) is 125 cm³/mol. The number of rotatable bonds is 7. The van der Waals surface area contributed by atoms with E-state index in [9.17, 15) is 13.2 Å². The third-order valence-electron chi connectivity index (χ3n) is 6.01. The summed E-state index contributed by atoms with van der Waals surface area (Å²) in [6.07, 6.45) is 0. The van der Waals surface area contributed by atoms with Gasteiger partial charge in [0.2, 0.25) is 16.8 Å². The summed E-state index contributed by atoms with van der Waals surface area (Å²) in [5.74, 6) is 1.27. The molecule has 0 aliphatic carbocycles. The van der Waals surface area contributed by atoms with Crippen molar-refractivity contribution in [3.8, 4) is 11.5 Å². The van der Waals surface area contributed by atoms with Gasteiger partial charge in [-0.1, -0.05) is 31.5 Å². The van der Waals surface area contributed by atoms with Gasteiger partial charge in [0, 0.05) is 45.8 Å². The lowest BCUT2D eigenvalue weighted by Crippen LogP contribution is -2.48. The maximum absolute atomic E-state index is 13.2. The van der Waals surface area contributed by atoms with Crippen LogP contribution in [0.4, 0.5) is 0 Å². The van der Waals surface area contributed by atoms with Crippen LogP contribution in [0, 0.1) is 0 Å². The first-order valence-corrected chi connectivity index (χ1v) is 12.8. The number of sulfonamides is 1. The Bertz CT molecular complexity index is 1130. The molecule has 1 fully saturated rings. The van der Waals surface area contributed by atoms with Crippen molar-refractivity contribution >= 4 is 27.5 Å². The average molecular weight is 494 g/mol. The van der Waals surface area contributed by atoms with Crippen molar-refractivity contribution in [2.75, 3.05) is 46.1 Å². The third kappa shape index (κ3) is 4.96. The van der Waals surface area contributed by atoms with Gasteiger partial charge in [0.25, 0.3) is 5.91 Å². The highest BCUT2D eigenvalue weighted by Crippen LogP contribution is 2.33. The SMILES string of the molecule is CCN(CC)S(=O)(=O)c1ccc(Cl)c(C(=O)N2CCN(Cc3ccc4c(c3)OCO4)CC2)c1. The molecule has 0 aromatic heterocycles. The van der Waals surface area contributed by atoms with Crippen molar-refractivity contribution < 1.29 is 22.7 Å². The van der Waals surface area contributed by atoms with Crippen molar-refractivity contribution in [1.29, 1.82) is 0 Å². The second-order valence-corrected chi connectivity index (χ2v) is 10.3. The summed E-state index contributed by atoms with van der Waals surface area (Å²) in [4.78, 5) is 17.3. The molecule has 178 valence electrons. The fourth-order valence-corrected chi connectivity index (χ4v) is 5.80. The lowest BCUT2D eigenvalue weighted by molar-refractivity contribution is 0.0628. The summed E-state index contributed by atoms with van der Waals surface area (Å²) in [6, 6.07) is 10.3. The van der Waals surface area contributed by atoms with Crippen LogP contribution in [0.25, 0.3) is 0 Å². The van der Waals surface area contributed by atoms with Gasteiger partial charge in [-0.05, 0) is 35.9 Å². The molecule has 33 heavy (non-hydrogen) atoms. The molecule has 2 aromatic rings. The molecule has 2 heterocycles. The average Bonchev–Trinajstić information content (AvgIpc) is 3.28. The maximum atomic E-state index is 13.2. The Kier molecular flexibility index (Phi) is 7.13. The van der Waals surface area contributed by atoms with Crippen LogP contribution in [0.15, 0.2) is 41.3 Å². The highest BCUT2D eigenvalue weighted by Gasteiger charge is 2.27. The number of hydrogen-bond acceptors (Lipinski definition) is 6. The number of piperazine rings is 1. The Labute approximate surface area is 199 Å². The van der Waals surface area contributed by atoms with Gasteiger partial charge >= 0.3 is 0 Å². The fourth-order valence-electron chi connectivity index (χ4n) is 4.12. The molecule has 10 heteroatoms. The minimum atomic E-state index is -3.68. The number of hydrogen-bond donors (Lipinski definition) is 0. The Morgan fingerprint density at radius 3 is 2.39 bits per heavy atom. The maximum Gasteiger partial charge on any atom is 0.255 e. The number of nitrogens with zero attached hydrogens (tertiary/aromatic N) is 3. The van der Waals surface area contributed by atoms with Crippen molar-refractivity contribution in [2.45, 2.75) is 25.3 Å². The van der Waals surface area contributed by atoms with E-state index < -0.39 is 10.0 Å². The highest BCUT2D eigenvalue weighted by molar-refractivity contribution is 7.89. The normalized spacial score (nSPS) is 16.4. The van der Waals surface area contributed by atoms with Gasteiger partial charge in [0.15, 0.2) is 11.5 Å². The molecule has 1 saturated heterocycles. The Hall–Kier alpha value is -2.33. The van der Waals surface area contributed by atoms with Gasteiger partial charge in [-0.3, -0.25) is 9.69 Å². The molecule has 0 N–H and O–H groups in total. The van der Waals surface area contributed by atoms with E-state index in [1.807, 2.05) is 18.2 Å². The van der Waals surface area contributed by atoms with Crippen molar-refractivity contribution in [2.24, 2.45) is 0 Å². The summed E-state index contributed by atoms with van der Waals surface area (Å²) in [5, 5.41) is 0.251. The van der Waals surface area contributed by atoms with Crippen LogP contribution in [0.2, 0.25) is 5.02 Å². The van der Waals surface area contributed by atoms with E-state index in [0.717, 1.165) is 23.6 Å². The van der Waals surface area contributed by atoms with Crippen LogP contribution in [-0.2, 0) is 16.6 Å². The zero-order valence-corrected chi connectivity index (χ0v) is 20.4. The van der Waals surface area contributed by atoms with Gasteiger partial charge < -0.3 is 14.4 Å². The zero-order valence-electron chi connectivity index (χ0n) is 18.8. The highest BCUT2D eigenvalue weighted by atomic mass is 35.5. The van der Waals surface area contributed by atoms with Crippen molar-refractivity contribution in [3.63, 3.8) is 0 Å². The molecule has 0 unspecified atom stereocenters. The van der Waals surface area contributed by atoms with E-state index in [-0.39, 0.29) is 28.2 Å². The van der Waals surface area contributed by atoms with Crippen LogP contribution in [-0.4, -0.2) is 74.5 Å². The Balaban J connectivity index is 1.42. The van der Waals surface area contributed by atoms with Gasteiger partial charge in [-0.15, -0.1) is 0 Å².